The van der Waals surface area contributed by atoms with Crippen molar-refractivity contribution < 1.29 is 27.0 Å². The summed E-state index contributed by atoms with van der Waals surface area (Å²) in [5.41, 5.74) is 1.23. The van der Waals surface area contributed by atoms with E-state index in [0.717, 1.165) is 51.6 Å². The molecule has 0 N–H and O–H groups in total. The molecule has 0 saturated heterocycles. The van der Waals surface area contributed by atoms with Crippen molar-refractivity contribution in [3.05, 3.63) is 64.2 Å². The van der Waals surface area contributed by atoms with Crippen LogP contribution in [-0.2, 0) is 4.74 Å². The third kappa shape index (κ3) is 6.50. The molecule has 2 aromatic carbocycles. The maximum Gasteiger partial charge on any atom is 0.200 e. The Kier molecular flexibility index (Phi) is 9.91. The van der Waals surface area contributed by atoms with Crippen molar-refractivity contribution in [1.82, 2.24) is 0 Å². The minimum atomic E-state index is -0.939. The highest BCUT2D eigenvalue weighted by Gasteiger charge is 2.31. The van der Waals surface area contributed by atoms with Gasteiger partial charge in [-0.05, 0) is 105 Å². The maximum absolute atomic E-state index is 15.2. The van der Waals surface area contributed by atoms with Gasteiger partial charge in [0.1, 0.15) is 0 Å². The van der Waals surface area contributed by atoms with E-state index in [1.165, 1.54) is 6.07 Å². The van der Waals surface area contributed by atoms with E-state index in [2.05, 4.69) is 6.92 Å². The van der Waals surface area contributed by atoms with Crippen LogP contribution in [-0.4, -0.2) is 19.3 Å². The quantitative estimate of drug-likeness (QED) is 0.230. The maximum atomic E-state index is 15.2. The highest BCUT2D eigenvalue weighted by molar-refractivity contribution is 5.35. The second-order valence-corrected chi connectivity index (χ2v) is 10.7. The van der Waals surface area contributed by atoms with Gasteiger partial charge in [0.05, 0.1) is 12.7 Å². The van der Waals surface area contributed by atoms with E-state index in [4.69, 9.17) is 9.47 Å². The molecule has 6 heteroatoms. The third-order valence-corrected chi connectivity index (χ3v) is 8.25. The van der Waals surface area contributed by atoms with Gasteiger partial charge >= 0.3 is 0 Å². The summed E-state index contributed by atoms with van der Waals surface area (Å²) in [6.45, 7) is 5.19. The Morgan fingerprint density at radius 3 is 1.54 bits per heavy atom. The number of unbranched alkanes of at least 4 members (excludes halogenated alkanes) is 1. The van der Waals surface area contributed by atoms with Crippen molar-refractivity contribution >= 4 is 0 Å². The Labute approximate surface area is 218 Å². The lowest BCUT2D eigenvalue weighted by atomic mass is 9.75. The van der Waals surface area contributed by atoms with Crippen molar-refractivity contribution in [2.24, 2.45) is 0 Å². The smallest absolute Gasteiger partial charge is 0.200 e. The van der Waals surface area contributed by atoms with Crippen LogP contribution < -0.4 is 4.74 Å². The van der Waals surface area contributed by atoms with Crippen LogP contribution in [0.2, 0.25) is 0 Å². The largest absolute Gasteiger partial charge is 0.490 e. The van der Waals surface area contributed by atoms with Gasteiger partial charge in [-0.2, -0.15) is 4.39 Å². The predicted molar refractivity (Wildman–Crippen MR) is 138 cm³/mol. The van der Waals surface area contributed by atoms with Gasteiger partial charge < -0.3 is 9.47 Å². The first kappa shape index (κ1) is 27.9. The van der Waals surface area contributed by atoms with Crippen LogP contribution in [0.3, 0.4) is 0 Å². The normalized spacial score (nSPS) is 24.3. The van der Waals surface area contributed by atoms with E-state index in [0.29, 0.717) is 49.0 Å². The Balaban J connectivity index is 1.37. The van der Waals surface area contributed by atoms with Crippen molar-refractivity contribution in [3.8, 4) is 5.75 Å². The molecule has 0 radical (unpaired) electrons. The molecule has 0 bridgehead atoms. The molecule has 0 atom stereocenters. The Bertz CT molecular complexity index is 1020. The van der Waals surface area contributed by atoms with Gasteiger partial charge in [-0.15, -0.1) is 0 Å². The molecule has 2 nitrogen and oxygen atoms in total. The Morgan fingerprint density at radius 2 is 1.05 bits per heavy atom. The molecule has 37 heavy (non-hydrogen) atoms. The molecular formula is C31H40F4O2. The summed E-state index contributed by atoms with van der Waals surface area (Å²) in [5, 5.41) is 0. The molecule has 0 aromatic heterocycles. The fraction of sp³-hybridized carbons (Fsp3) is 0.613. The zero-order valence-electron chi connectivity index (χ0n) is 22.1. The van der Waals surface area contributed by atoms with Gasteiger partial charge in [-0.3, -0.25) is 0 Å². The summed E-state index contributed by atoms with van der Waals surface area (Å²) >= 11 is 0. The molecule has 204 valence electrons. The molecule has 2 saturated carbocycles. The summed E-state index contributed by atoms with van der Waals surface area (Å²) < 4.78 is 71.0. The van der Waals surface area contributed by atoms with Crippen LogP contribution in [0.25, 0.3) is 0 Å². The van der Waals surface area contributed by atoms with E-state index in [9.17, 15) is 8.78 Å². The van der Waals surface area contributed by atoms with Gasteiger partial charge in [0.15, 0.2) is 23.2 Å². The van der Waals surface area contributed by atoms with Crippen molar-refractivity contribution in [2.75, 3.05) is 13.2 Å². The molecular weight excluding hydrogens is 480 g/mol. The molecule has 2 aromatic rings. The summed E-state index contributed by atoms with van der Waals surface area (Å²) in [5.74, 6) is -3.55. The summed E-state index contributed by atoms with van der Waals surface area (Å²) in [7, 11) is 0. The average Bonchev–Trinajstić information content (AvgIpc) is 2.92. The standard InChI is InChI=1S/C31H40F4O2/c1-3-5-19-37-27-17-16-26(30(34)31(27)35)21-8-6-20(7-9-21)24-14-15-25(29(33)28(24)32)22-10-12-23(13-11-22)36-18-4-2/h14-17,20-23H,3-13,18-19H2,1-2H3. The van der Waals surface area contributed by atoms with Gasteiger partial charge in [0.2, 0.25) is 5.82 Å². The molecule has 2 fully saturated rings. The molecule has 2 aliphatic rings. The number of hydrogen-bond acceptors (Lipinski definition) is 2. The summed E-state index contributed by atoms with van der Waals surface area (Å²) in [4.78, 5) is 0. The molecule has 2 aliphatic carbocycles. The second-order valence-electron chi connectivity index (χ2n) is 10.7. The topological polar surface area (TPSA) is 18.5 Å². The lowest BCUT2D eigenvalue weighted by molar-refractivity contribution is 0.0248. The van der Waals surface area contributed by atoms with Gasteiger partial charge in [-0.1, -0.05) is 38.5 Å². The minimum Gasteiger partial charge on any atom is -0.490 e. The second kappa shape index (κ2) is 13.1. The van der Waals surface area contributed by atoms with Crippen LogP contribution >= 0.6 is 0 Å². The van der Waals surface area contributed by atoms with Gasteiger partial charge in [-0.25, -0.2) is 13.2 Å². The monoisotopic (exact) mass is 520 g/mol. The first-order valence-corrected chi connectivity index (χ1v) is 14.1. The highest BCUT2D eigenvalue weighted by atomic mass is 19.2. The van der Waals surface area contributed by atoms with Crippen LogP contribution in [0.1, 0.15) is 119 Å². The SMILES string of the molecule is CCCCOc1ccc(C2CCC(c3ccc(C4CCC(OCCC)CC4)c(F)c3F)CC2)c(F)c1F. The lowest BCUT2D eigenvalue weighted by Crippen LogP contribution is -2.22. The van der Waals surface area contributed by atoms with Crippen molar-refractivity contribution in [2.45, 2.75) is 108 Å². The molecule has 0 spiro atoms. The number of hydrogen-bond donors (Lipinski definition) is 0. The first-order valence-electron chi connectivity index (χ1n) is 14.1. The first-order chi connectivity index (χ1) is 17.9. The number of ether oxygens (including phenoxy) is 2. The van der Waals surface area contributed by atoms with Crippen molar-refractivity contribution in [1.29, 1.82) is 0 Å². The van der Waals surface area contributed by atoms with E-state index >= 15 is 8.78 Å². The molecule has 0 unspecified atom stereocenters. The molecule has 0 amide bonds. The van der Waals surface area contributed by atoms with E-state index < -0.39 is 23.3 Å². The number of halogens is 4. The van der Waals surface area contributed by atoms with Crippen molar-refractivity contribution in [3.63, 3.8) is 0 Å². The van der Waals surface area contributed by atoms with Crippen LogP contribution in [0, 0.1) is 23.3 Å². The molecule has 0 aliphatic heterocycles. The summed E-state index contributed by atoms with van der Waals surface area (Å²) in [6.07, 6.45) is 8.67. The van der Waals surface area contributed by atoms with Gasteiger partial charge in [0.25, 0.3) is 0 Å². The average molecular weight is 521 g/mol. The van der Waals surface area contributed by atoms with Crippen LogP contribution in [0.5, 0.6) is 5.75 Å². The summed E-state index contributed by atoms with van der Waals surface area (Å²) in [6, 6.07) is 6.64. The van der Waals surface area contributed by atoms with Gasteiger partial charge in [0, 0.05) is 6.61 Å². The lowest BCUT2D eigenvalue weighted by Gasteiger charge is -2.31. The Hall–Kier alpha value is -2.08. The third-order valence-electron chi connectivity index (χ3n) is 8.25. The molecule has 4 rings (SSSR count). The zero-order chi connectivity index (χ0) is 26.4. The Morgan fingerprint density at radius 1 is 0.595 bits per heavy atom. The fourth-order valence-corrected chi connectivity index (χ4v) is 6.05. The predicted octanol–water partition coefficient (Wildman–Crippen LogP) is 9.32. The fourth-order valence-electron chi connectivity index (χ4n) is 6.05. The number of rotatable bonds is 10. The minimum absolute atomic E-state index is 0.0209. The van der Waals surface area contributed by atoms with E-state index in [-0.39, 0.29) is 29.6 Å². The number of benzene rings is 2. The van der Waals surface area contributed by atoms with Crippen LogP contribution in [0.4, 0.5) is 17.6 Å². The van der Waals surface area contributed by atoms with E-state index in [1.807, 2.05) is 6.92 Å². The molecule has 0 heterocycles. The van der Waals surface area contributed by atoms with Crippen LogP contribution in [0.15, 0.2) is 24.3 Å². The van der Waals surface area contributed by atoms with E-state index in [1.54, 1.807) is 18.2 Å². The zero-order valence-corrected chi connectivity index (χ0v) is 22.1. The highest BCUT2D eigenvalue weighted by Crippen LogP contribution is 2.44.